The number of carbonyl (C=O) groups excluding carboxylic acids is 1. The van der Waals surface area contributed by atoms with Gasteiger partial charge in [-0.3, -0.25) is 4.79 Å². The quantitative estimate of drug-likeness (QED) is 0.470. The molecule has 1 unspecified atom stereocenters. The molecule has 32 heavy (non-hydrogen) atoms. The van der Waals surface area contributed by atoms with E-state index >= 15 is 0 Å². The molecule has 5 nitrogen and oxygen atoms in total. The summed E-state index contributed by atoms with van der Waals surface area (Å²) >= 11 is 3.12. The number of aryl methyl sites for hydroxylation is 3. The molecule has 4 rings (SSSR count). The van der Waals surface area contributed by atoms with Crippen LogP contribution in [-0.4, -0.2) is 16.0 Å². The molecule has 3 aromatic rings. The first-order chi connectivity index (χ1) is 15.3. The number of amides is 1. The summed E-state index contributed by atoms with van der Waals surface area (Å²) in [5, 5.41) is 17.0. The summed E-state index contributed by atoms with van der Waals surface area (Å²) in [4.78, 5) is 14.4. The highest BCUT2D eigenvalue weighted by molar-refractivity contribution is 8.05. The maximum atomic E-state index is 12.6. The Labute approximate surface area is 197 Å². The van der Waals surface area contributed by atoms with E-state index in [4.69, 9.17) is 0 Å². The van der Waals surface area contributed by atoms with E-state index < -0.39 is 0 Å². The Hall–Kier alpha value is -2.95. The maximum absolute atomic E-state index is 12.6. The molecule has 3 heterocycles. The van der Waals surface area contributed by atoms with E-state index in [9.17, 15) is 10.1 Å². The van der Waals surface area contributed by atoms with Crippen LogP contribution >= 0.6 is 23.1 Å². The van der Waals surface area contributed by atoms with Crippen molar-refractivity contribution in [1.82, 2.24) is 9.88 Å². The Kier molecular flexibility index (Phi) is 6.18. The van der Waals surface area contributed by atoms with Gasteiger partial charge < -0.3 is 15.2 Å². The largest absolute Gasteiger partial charge is 0.357 e. The molecule has 1 saturated heterocycles. The van der Waals surface area contributed by atoms with Crippen LogP contribution in [0.2, 0.25) is 0 Å². The first-order valence-corrected chi connectivity index (χ1v) is 12.3. The molecule has 1 atom stereocenters. The molecule has 1 aliphatic rings. The van der Waals surface area contributed by atoms with Crippen molar-refractivity contribution in [3.63, 3.8) is 0 Å². The first-order valence-electron chi connectivity index (χ1n) is 10.6. The van der Waals surface area contributed by atoms with Crippen molar-refractivity contribution in [3.05, 3.63) is 73.8 Å². The number of aromatic nitrogens is 1. The standard InChI is InChI=1S/C25H26N4OS2/c1-6-18-7-9-20(10-8-18)27-25-28-23(30)22(32-25)12-19-11-14(2)29(16(19)4)24-21(13-26)15(3)17(5)31-24/h7-12,25,27H,6H2,1-5H3,(H,28,30). The molecule has 164 valence electrons. The van der Waals surface area contributed by atoms with Gasteiger partial charge in [-0.05, 0) is 75.1 Å². The summed E-state index contributed by atoms with van der Waals surface area (Å²) < 4.78 is 2.12. The zero-order chi connectivity index (χ0) is 23.0. The molecule has 0 bridgehead atoms. The number of nitrogens with zero attached hydrogens (tertiary/aromatic N) is 2. The van der Waals surface area contributed by atoms with Crippen molar-refractivity contribution in [1.29, 1.82) is 5.26 Å². The second-order valence-corrected chi connectivity index (χ2v) is 10.3. The molecule has 1 aromatic carbocycles. The van der Waals surface area contributed by atoms with Crippen molar-refractivity contribution in [3.8, 4) is 11.1 Å². The van der Waals surface area contributed by atoms with Crippen LogP contribution < -0.4 is 10.6 Å². The molecular weight excluding hydrogens is 436 g/mol. The number of thioether (sulfide) groups is 1. The number of nitriles is 1. The third-order valence-electron chi connectivity index (χ3n) is 5.83. The fourth-order valence-corrected chi connectivity index (χ4v) is 6.03. The molecule has 2 N–H and O–H groups in total. The lowest BCUT2D eigenvalue weighted by Gasteiger charge is -2.12. The van der Waals surface area contributed by atoms with Gasteiger partial charge in [0.2, 0.25) is 0 Å². The van der Waals surface area contributed by atoms with Gasteiger partial charge in [-0.15, -0.1) is 11.3 Å². The zero-order valence-electron chi connectivity index (χ0n) is 18.9. The highest BCUT2D eigenvalue weighted by atomic mass is 32.2. The van der Waals surface area contributed by atoms with Crippen molar-refractivity contribution in [2.75, 3.05) is 5.32 Å². The molecule has 1 amide bonds. The van der Waals surface area contributed by atoms with E-state index in [1.807, 2.05) is 45.9 Å². The number of rotatable bonds is 5. The molecule has 1 aliphatic heterocycles. The average molecular weight is 463 g/mol. The summed E-state index contributed by atoms with van der Waals surface area (Å²) in [6.07, 6.45) is 2.95. The Balaban J connectivity index is 1.59. The van der Waals surface area contributed by atoms with Gasteiger partial charge in [0.15, 0.2) is 5.50 Å². The van der Waals surface area contributed by atoms with Crippen LogP contribution in [0, 0.1) is 39.0 Å². The number of nitrogens with one attached hydrogen (secondary N) is 2. The number of carbonyl (C=O) groups is 1. The molecule has 7 heteroatoms. The summed E-state index contributed by atoms with van der Waals surface area (Å²) in [5.41, 5.74) is 6.86. The summed E-state index contributed by atoms with van der Waals surface area (Å²) in [7, 11) is 0. The minimum atomic E-state index is -0.211. The van der Waals surface area contributed by atoms with Gasteiger partial charge >= 0.3 is 0 Å². The van der Waals surface area contributed by atoms with Crippen molar-refractivity contribution in [2.24, 2.45) is 0 Å². The molecule has 0 radical (unpaired) electrons. The van der Waals surface area contributed by atoms with E-state index in [0.717, 1.165) is 50.1 Å². The average Bonchev–Trinajstić information content (AvgIpc) is 3.35. The Bertz CT molecular complexity index is 1260. The van der Waals surface area contributed by atoms with Crippen LogP contribution in [0.5, 0.6) is 0 Å². The highest BCUT2D eigenvalue weighted by Gasteiger charge is 2.28. The predicted octanol–water partition coefficient (Wildman–Crippen LogP) is 5.81. The Morgan fingerprint density at radius 3 is 2.59 bits per heavy atom. The van der Waals surface area contributed by atoms with Gasteiger partial charge in [0.1, 0.15) is 11.1 Å². The molecule has 0 spiro atoms. The first kappa shape index (κ1) is 22.3. The van der Waals surface area contributed by atoms with Crippen LogP contribution in [0.3, 0.4) is 0 Å². The van der Waals surface area contributed by atoms with Gasteiger partial charge in [-0.2, -0.15) is 5.26 Å². The van der Waals surface area contributed by atoms with Crippen molar-refractivity contribution >= 4 is 40.8 Å². The van der Waals surface area contributed by atoms with Gasteiger partial charge in [0, 0.05) is 22.0 Å². The summed E-state index contributed by atoms with van der Waals surface area (Å²) in [5.74, 6) is -0.0805. The van der Waals surface area contributed by atoms with Crippen LogP contribution in [0.1, 0.15) is 45.4 Å². The summed E-state index contributed by atoms with van der Waals surface area (Å²) in [6, 6.07) is 12.7. The lowest BCUT2D eigenvalue weighted by Crippen LogP contribution is -2.30. The van der Waals surface area contributed by atoms with Gasteiger partial charge in [0.05, 0.1) is 10.5 Å². The fourth-order valence-electron chi connectivity index (χ4n) is 3.84. The molecule has 0 aliphatic carbocycles. The van der Waals surface area contributed by atoms with E-state index in [2.05, 4.69) is 46.4 Å². The number of hydrogen-bond acceptors (Lipinski definition) is 5. The smallest absolute Gasteiger partial charge is 0.260 e. The van der Waals surface area contributed by atoms with E-state index in [1.165, 1.54) is 17.3 Å². The summed E-state index contributed by atoms with van der Waals surface area (Å²) in [6.45, 7) is 10.2. The number of hydrogen-bond donors (Lipinski definition) is 2. The second kappa shape index (κ2) is 8.89. The topological polar surface area (TPSA) is 69.8 Å². The lowest BCUT2D eigenvalue weighted by molar-refractivity contribution is -0.116. The van der Waals surface area contributed by atoms with Crippen LogP contribution in [0.25, 0.3) is 11.1 Å². The second-order valence-electron chi connectivity index (χ2n) is 7.91. The highest BCUT2D eigenvalue weighted by Crippen LogP contribution is 2.35. The fraction of sp³-hybridized carbons (Fsp3) is 0.280. The molecule has 1 fully saturated rings. The molecular formula is C25H26N4OS2. The SMILES string of the molecule is CCc1ccc(NC2NC(=O)C(=Cc3cc(C)n(-c4sc(C)c(C)c4C#N)c3C)S2)cc1. The Morgan fingerprint density at radius 1 is 1.22 bits per heavy atom. The number of benzene rings is 1. The number of thiophene rings is 1. The van der Waals surface area contributed by atoms with E-state index in [-0.39, 0.29) is 11.4 Å². The van der Waals surface area contributed by atoms with Crippen LogP contribution in [-0.2, 0) is 11.2 Å². The third-order valence-corrected chi connectivity index (χ3v) is 8.05. The molecule has 2 aromatic heterocycles. The van der Waals surface area contributed by atoms with Gasteiger partial charge in [0.25, 0.3) is 5.91 Å². The van der Waals surface area contributed by atoms with E-state index in [1.54, 1.807) is 11.3 Å². The Morgan fingerprint density at radius 2 is 1.94 bits per heavy atom. The van der Waals surface area contributed by atoms with Crippen LogP contribution in [0.15, 0.2) is 35.2 Å². The van der Waals surface area contributed by atoms with Gasteiger partial charge in [-0.25, -0.2) is 0 Å². The normalized spacial score (nSPS) is 16.9. The minimum Gasteiger partial charge on any atom is -0.357 e. The monoisotopic (exact) mass is 462 g/mol. The maximum Gasteiger partial charge on any atom is 0.260 e. The van der Waals surface area contributed by atoms with E-state index in [0.29, 0.717) is 4.91 Å². The number of anilines is 1. The van der Waals surface area contributed by atoms with Crippen molar-refractivity contribution in [2.45, 2.75) is 46.5 Å². The van der Waals surface area contributed by atoms with Crippen LogP contribution in [0.4, 0.5) is 5.69 Å². The van der Waals surface area contributed by atoms with Crippen molar-refractivity contribution < 1.29 is 4.79 Å². The minimum absolute atomic E-state index is 0.0805. The third kappa shape index (κ3) is 4.08. The zero-order valence-corrected chi connectivity index (χ0v) is 20.5. The lowest BCUT2D eigenvalue weighted by atomic mass is 10.1. The predicted molar refractivity (Wildman–Crippen MR) is 134 cm³/mol. The molecule has 0 saturated carbocycles. The van der Waals surface area contributed by atoms with Gasteiger partial charge in [-0.1, -0.05) is 30.8 Å².